The Bertz CT molecular complexity index is 743. The van der Waals surface area contributed by atoms with Crippen molar-refractivity contribution in [2.75, 3.05) is 13.1 Å². The molecule has 5 heterocycles. The minimum absolute atomic E-state index is 0.0996. The van der Waals surface area contributed by atoms with Crippen LogP contribution in [0.2, 0.25) is 0 Å². The normalized spacial score (nSPS) is 23.4. The highest BCUT2D eigenvalue weighted by molar-refractivity contribution is 5.80. The van der Waals surface area contributed by atoms with Gasteiger partial charge < -0.3 is 9.32 Å². The van der Waals surface area contributed by atoms with Crippen LogP contribution in [0.4, 0.5) is 0 Å². The maximum Gasteiger partial charge on any atom is 0.227 e. The number of aromatic nitrogens is 1. The summed E-state index contributed by atoms with van der Waals surface area (Å²) in [4.78, 5) is 21.8. The second-order valence-corrected chi connectivity index (χ2v) is 7.53. The molecule has 5 heteroatoms. The predicted molar refractivity (Wildman–Crippen MR) is 99.3 cm³/mol. The molecule has 2 bridgehead atoms. The maximum absolute atomic E-state index is 12.9. The van der Waals surface area contributed by atoms with E-state index in [9.17, 15) is 4.79 Å². The first-order valence-electron chi connectivity index (χ1n) is 9.73. The summed E-state index contributed by atoms with van der Waals surface area (Å²) in [5.41, 5.74) is 0.968. The van der Waals surface area contributed by atoms with E-state index in [1.165, 1.54) is 0 Å². The summed E-state index contributed by atoms with van der Waals surface area (Å²) < 4.78 is 5.96. The fourth-order valence-electron chi connectivity index (χ4n) is 4.24. The number of fused-ring (bicyclic) bond motifs is 4. The van der Waals surface area contributed by atoms with E-state index in [1.807, 2.05) is 18.2 Å². The van der Waals surface area contributed by atoms with Gasteiger partial charge in [0.05, 0.1) is 24.7 Å². The van der Waals surface area contributed by atoms with Gasteiger partial charge in [-0.05, 0) is 43.5 Å². The lowest BCUT2D eigenvalue weighted by atomic mass is 9.94. The molecular formula is C21H27N3O2. The number of piperidine rings is 1. The third kappa shape index (κ3) is 3.68. The van der Waals surface area contributed by atoms with Crippen LogP contribution < -0.4 is 0 Å². The Labute approximate surface area is 155 Å². The Hall–Kier alpha value is -2.14. The van der Waals surface area contributed by atoms with Crippen LogP contribution in [0.3, 0.4) is 0 Å². The number of carbonyl (C=O) groups is 1. The molecule has 0 unspecified atom stereocenters. The van der Waals surface area contributed by atoms with Crippen LogP contribution in [0.15, 0.2) is 40.9 Å². The van der Waals surface area contributed by atoms with Crippen LogP contribution in [-0.2, 0) is 24.3 Å². The molecule has 2 aromatic heterocycles. The lowest BCUT2D eigenvalue weighted by Crippen LogP contribution is -2.47. The molecule has 0 aromatic carbocycles. The molecule has 2 atom stereocenters. The first-order chi connectivity index (χ1) is 12.7. The van der Waals surface area contributed by atoms with Gasteiger partial charge in [0.15, 0.2) is 0 Å². The van der Waals surface area contributed by atoms with Gasteiger partial charge >= 0.3 is 0 Å². The van der Waals surface area contributed by atoms with Gasteiger partial charge in [-0.3, -0.25) is 14.7 Å². The predicted octanol–water partition coefficient (Wildman–Crippen LogP) is 3.25. The van der Waals surface area contributed by atoms with Crippen molar-refractivity contribution in [2.24, 2.45) is 5.92 Å². The third-order valence-electron chi connectivity index (χ3n) is 5.52. The van der Waals surface area contributed by atoms with Crippen LogP contribution in [0.1, 0.15) is 43.4 Å². The van der Waals surface area contributed by atoms with E-state index in [1.54, 1.807) is 6.20 Å². The summed E-state index contributed by atoms with van der Waals surface area (Å²) in [5, 5.41) is 0. The van der Waals surface area contributed by atoms with E-state index in [0.717, 1.165) is 62.5 Å². The summed E-state index contributed by atoms with van der Waals surface area (Å²) >= 11 is 0. The Morgan fingerprint density at radius 3 is 2.81 bits per heavy atom. The summed E-state index contributed by atoms with van der Waals surface area (Å²) in [6.45, 7) is 5.32. The molecule has 3 saturated heterocycles. The number of hydrogen-bond donors (Lipinski definition) is 0. The zero-order chi connectivity index (χ0) is 17.9. The van der Waals surface area contributed by atoms with Crippen molar-refractivity contribution >= 4 is 5.91 Å². The van der Waals surface area contributed by atoms with E-state index in [2.05, 4.69) is 33.8 Å². The highest BCUT2D eigenvalue weighted by Crippen LogP contribution is 2.31. The molecule has 0 radical (unpaired) electrons. The molecule has 3 aliphatic rings. The molecule has 0 N–H and O–H groups in total. The molecule has 5 rings (SSSR count). The van der Waals surface area contributed by atoms with Gasteiger partial charge in [-0.2, -0.15) is 0 Å². The zero-order valence-corrected chi connectivity index (χ0v) is 15.4. The largest absolute Gasteiger partial charge is 0.465 e. The van der Waals surface area contributed by atoms with E-state index >= 15 is 0 Å². The molecule has 3 fully saturated rings. The van der Waals surface area contributed by atoms with Crippen LogP contribution in [0, 0.1) is 5.92 Å². The number of aryl methyl sites for hydroxylation is 1. The van der Waals surface area contributed by atoms with E-state index in [0.29, 0.717) is 12.5 Å². The second kappa shape index (κ2) is 7.62. The molecule has 0 aliphatic carbocycles. The minimum Gasteiger partial charge on any atom is -0.465 e. The Morgan fingerprint density at radius 1 is 1.12 bits per heavy atom. The number of pyridine rings is 1. The van der Waals surface area contributed by atoms with Gasteiger partial charge in [0.1, 0.15) is 11.5 Å². The lowest BCUT2D eigenvalue weighted by molar-refractivity contribution is -0.140. The van der Waals surface area contributed by atoms with Gasteiger partial charge in [0.25, 0.3) is 0 Å². The van der Waals surface area contributed by atoms with Gasteiger partial charge in [0.2, 0.25) is 5.91 Å². The molecule has 2 aromatic rings. The Balaban J connectivity index is 1.45. The highest BCUT2D eigenvalue weighted by Gasteiger charge is 2.40. The second-order valence-electron chi connectivity index (χ2n) is 7.53. The van der Waals surface area contributed by atoms with Gasteiger partial charge in [0, 0.05) is 31.7 Å². The summed E-state index contributed by atoms with van der Waals surface area (Å²) in [5.74, 6) is 2.47. The fraction of sp³-hybridized carbons (Fsp3) is 0.524. The first-order valence-corrected chi connectivity index (χ1v) is 9.73. The number of nitrogens with zero attached hydrogens (tertiary/aromatic N) is 3. The SMILES string of the molecule is CCCc1ccc(CN2C[C@H]3CC[C@@H](C2)N(Cc2ccccn2)C3=O)o1. The van der Waals surface area contributed by atoms with Crippen molar-refractivity contribution in [3.05, 3.63) is 53.7 Å². The van der Waals surface area contributed by atoms with E-state index < -0.39 is 0 Å². The van der Waals surface area contributed by atoms with E-state index in [-0.39, 0.29) is 12.0 Å². The van der Waals surface area contributed by atoms with Gasteiger partial charge in [-0.15, -0.1) is 0 Å². The van der Waals surface area contributed by atoms with Crippen LogP contribution in [0.5, 0.6) is 0 Å². The van der Waals surface area contributed by atoms with E-state index in [4.69, 9.17) is 4.42 Å². The minimum atomic E-state index is 0.0996. The smallest absolute Gasteiger partial charge is 0.227 e. The highest BCUT2D eigenvalue weighted by atomic mass is 16.3. The Morgan fingerprint density at radius 2 is 2.00 bits per heavy atom. The van der Waals surface area contributed by atoms with Crippen LogP contribution >= 0.6 is 0 Å². The van der Waals surface area contributed by atoms with Crippen molar-refractivity contribution in [3.63, 3.8) is 0 Å². The van der Waals surface area contributed by atoms with Crippen molar-refractivity contribution in [2.45, 2.75) is 51.7 Å². The number of hydrogen-bond acceptors (Lipinski definition) is 4. The van der Waals surface area contributed by atoms with Gasteiger partial charge in [-0.25, -0.2) is 0 Å². The van der Waals surface area contributed by atoms with Crippen LogP contribution in [0.25, 0.3) is 0 Å². The summed E-state index contributed by atoms with van der Waals surface area (Å²) in [7, 11) is 0. The molecular weight excluding hydrogens is 326 g/mol. The van der Waals surface area contributed by atoms with Gasteiger partial charge in [-0.1, -0.05) is 13.0 Å². The Kier molecular flexibility index (Phi) is 5.07. The average molecular weight is 353 g/mol. The molecule has 0 spiro atoms. The number of furan rings is 1. The standard InChI is InChI=1S/C21H27N3O2/c1-2-5-19-9-10-20(26-19)15-23-12-16-7-8-18(14-23)24(21(16)25)13-17-6-3-4-11-22-17/h3-4,6,9-11,16,18H,2,5,7-8,12-15H2,1H3/t16-,18+/m1/s1. The van der Waals surface area contributed by atoms with Crippen LogP contribution in [-0.4, -0.2) is 39.8 Å². The van der Waals surface area contributed by atoms with Crippen molar-refractivity contribution in [3.8, 4) is 0 Å². The summed E-state index contributed by atoms with van der Waals surface area (Å²) in [6.07, 6.45) is 5.96. The molecule has 5 nitrogen and oxygen atoms in total. The molecule has 26 heavy (non-hydrogen) atoms. The monoisotopic (exact) mass is 353 g/mol. The summed E-state index contributed by atoms with van der Waals surface area (Å²) in [6, 6.07) is 10.3. The maximum atomic E-state index is 12.9. The van der Waals surface area contributed by atoms with Crippen molar-refractivity contribution < 1.29 is 9.21 Å². The third-order valence-corrected chi connectivity index (χ3v) is 5.52. The molecule has 3 aliphatic heterocycles. The number of amides is 1. The quantitative estimate of drug-likeness (QED) is 0.800. The number of carbonyl (C=O) groups excluding carboxylic acids is 1. The topological polar surface area (TPSA) is 49.6 Å². The molecule has 138 valence electrons. The van der Waals surface area contributed by atoms with Crippen molar-refractivity contribution in [1.82, 2.24) is 14.8 Å². The number of rotatable bonds is 6. The molecule has 0 saturated carbocycles. The fourth-order valence-corrected chi connectivity index (χ4v) is 4.24. The zero-order valence-electron chi connectivity index (χ0n) is 15.4. The molecule has 1 amide bonds. The van der Waals surface area contributed by atoms with Crippen molar-refractivity contribution in [1.29, 1.82) is 0 Å². The first kappa shape index (κ1) is 17.3. The lowest BCUT2D eigenvalue weighted by Gasteiger charge is -2.35. The average Bonchev–Trinajstić information content (AvgIpc) is 2.92.